The molecule has 0 unspecified atom stereocenters. The number of carbonyl (C=O) groups excluding carboxylic acids is 2. The summed E-state index contributed by atoms with van der Waals surface area (Å²) in [5, 5.41) is 5.69. The number of nitrogens with zero attached hydrogens (tertiary/aromatic N) is 3. The van der Waals surface area contributed by atoms with E-state index in [4.69, 9.17) is 11.2 Å². The highest BCUT2D eigenvalue weighted by Gasteiger charge is 2.40. The molecule has 0 bridgehead atoms. The van der Waals surface area contributed by atoms with Gasteiger partial charge in [0.2, 0.25) is 5.91 Å². The second kappa shape index (κ2) is 10.7. The number of terminal acetylenes is 1. The first kappa shape index (κ1) is 23.7. The van der Waals surface area contributed by atoms with Crippen LogP contribution in [0.15, 0.2) is 71.9 Å². The molecule has 1 aliphatic heterocycles. The molecule has 9 heteroatoms. The van der Waals surface area contributed by atoms with Crippen LogP contribution < -0.4 is 16.2 Å². The Labute approximate surface area is 202 Å². The fraction of sp³-hybridized carbons (Fsp3) is 0.231. The van der Waals surface area contributed by atoms with E-state index in [0.29, 0.717) is 42.2 Å². The monoisotopic (exact) mass is 471 g/mol. The number of aromatic nitrogens is 2. The van der Waals surface area contributed by atoms with Gasteiger partial charge in [-0.05, 0) is 55.5 Å². The van der Waals surface area contributed by atoms with Crippen LogP contribution in [0.25, 0.3) is 5.69 Å². The van der Waals surface area contributed by atoms with Crippen LogP contribution in [-0.4, -0.2) is 51.7 Å². The molecule has 1 saturated heterocycles. The second-order valence-corrected chi connectivity index (χ2v) is 7.95. The Kier molecular flexibility index (Phi) is 7.24. The number of nitrogens with one attached hydrogen (secondary N) is 2. The van der Waals surface area contributed by atoms with Crippen LogP contribution in [0.2, 0.25) is 0 Å². The first-order valence-electron chi connectivity index (χ1n) is 11.2. The number of carbonyl (C=O) groups is 2. The molecule has 3 amide bonds. The predicted octanol–water partition coefficient (Wildman–Crippen LogP) is 2.86. The minimum Gasteiger partial charge on any atom is -0.377 e. The van der Waals surface area contributed by atoms with Gasteiger partial charge in [-0.2, -0.15) is 0 Å². The molecule has 2 heterocycles. The number of benzene rings is 2. The van der Waals surface area contributed by atoms with E-state index < -0.39 is 12.1 Å². The fourth-order valence-corrected chi connectivity index (χ4v) is 3.96. The summed E-state index contributed by atoms with van der Waals surface area (Å²) in [5.74, 6) is 2.21. The number of hydrogen-bond donors (Lipinski definition) is 2. The van der Waals surface area contributed by atoms with Gasteiger partial charge in [-0.25, -0.2) is 4.79 Å². The van der Waals surface area contributed by atoms with Crippen molar-refractivity contribution in [2.75, 3.05) is 23.8 Å². The molecule has 178 valence electrons. The summed E-state index contributed by atoms with van der Waals surface area (Å²) in [6.07, 6.45) is 9.84. The molecule has 3 aromatic rings. The van der Waals surface area contributed by atoms with Gasteiger partial charge in [0.25, 0.3) is 5.56 Å². The zero-order valence-corrected chi connectivity index (χ0v) is 19.2. The van der Waals surface area contributed by atoms with Crippen molar-refractivity contribution in [1.82, 2.24) is 14.5 Å². The molecule has 0 saturated carbocycles. The first-order valence-corrected chi connectivity index (χ1v) is 11.2. The molecule has 1 fully saturated rings. The third-order valence-corrected chi connectivity index (χ3v) is 5.67. The summed E-state index contributed by atoms with van der Waals surface area (Å²) >= 11 is 0. The van der Waals surface area contributed by atoms with Crippen LogP contribution in [0.4, 0.5) is 16.2 Å². The largest absolute Gasteiger partial charge is 0.377 e. The quantitative estimate of drug-likeness (QED) is 0.538. The van der Waals surface area contributed by atoms with Crippen molar-refractivity contribution in [2.45, 2.75) is 25.5 Å². The Bertz CT molecular complexity index is 1290. The smallest absolute Gasteiger partial charge is 0.322 e. The van der Waals surface area contributed by atoms with E-state index in [1.54, 1.807) is 54.7 Å². The molecule has 1 aromatic heterocycles. The first-order chi connectivity index (χ1) is 17.0. The maximum Gasteiger partial charge on any atom is 0.322 e. The summed E-state index contributed by atoms with van der Waals surface area (Å²) < 4.78 is 7.16. The number of anilines is 2. The van der Waals surface area contributed by atoms with E-state index in [1.807, 2.05) is 6.92 Å². The fourth-order valence-electron chi connectivity index (χ4n) is 3.96. The molecule has 0 radical (unpaired) electrons. The predicted molar refractivity (Wildman–Crippen MR) is 132 cm³/mol. The minimum absolute atomic E-state index is 0.244. The van der Waals surface area contributed by atoms with Gasteiger partial charge in [0.05, 0.1) is 12.3 Å². The van der Waals surface area contributed by atoms with Crippen LogP contribution in [0.5, 0.6) is 0 Å². The summed E-state index contributed by atoms with van der Waals surface area (Å²) in [6.45, 7) is 2.66. The lowest BCUT2D eigenvalue weighted by Gasteiger charge is -2.24. The molecule has 35 heavy (non-hydrogen) atoms. The minimum atomic E-state index is -0.709. The topological polar surface area (TPSA) is 106 Å². The summed E-state index contributed by atoms with van der Waals surface area (Å²) in [6, 6.07) is 12.6. The molecular formula is C26H25N5O4. The van der Waals surface area contributed by atoms with Gasteiger partial charge >= 0.3 is 6.03 Å². The highest BCUT2D eigenvalue weighted by atomic mass is 16.5. The van der Waals surface area contributed by atoms with Crippen molar-refractivity contribution >= 4 is 23.3 Å². The van der Waals surface area contributed by atoms with Gasteiger partial charge in [-0.1, -0.05) is 5.92 Å². The van der Waals surface area contributed by atoms with E-state index in [-0.39, 0.29) is 17.6 Å². The Morgan fingerprint density at radius 3 is 2.46 bits per heavy atom. The lowest BCUT2D eigenvalue weighted by Crippen LogP contribution is -2.45. The van der Waals surface area contributed by atoms with E-state index in [0.717, 1.165) is 0 Å². The van der Waals surface area contributed by atoms with Crippen LogP contribution in [0.3, 0.4) is 0 Å². The number of rotatable bonds is 6. The lowest BCUT2D eigenvalue weighted by atomic mass is 10.1. The second-order valence-electron chi connectivity index (χ2n) is 7.95. The maximum atomic E-state index is 13.2. The third kappa shape index (κ3) is 5.57. The average Bonchev–Trinajstić information content (AvgIpc) is 3.30. The Balaban J connectivity index is 1.46. The van der Waals surface area contributed by atoms with Crippen LogP contribution in [-0.2, 0) is 9.53 Å². The van der Waals surface area contributed by atoms with Gasteiger partial charge in [-0.15, -0.1) is 6.42 Å². The number of likely N-dealkylation sites (tertiary alicyclic amines) is 1. The number of ether oxygens (including phenoxy) is 1. The van der Waals surface area contributed by atoms with Crippen LogP contribution >= 0.6 is 0 Å². The molecule has 9 nitrogen and oxygen atoms in total. The molecule has 1 aliphatic rings. The van der Waals surface area contributed by atoms with E-state index in [2.05, 4.69) is 21.5 Å². The molecular weight excluding hydrogens is 446 g/mol. The summed E-state index contributed by atoms with van der Waals surface area (Å²) in [4.78, 5) is 43.4. The van der Waals surface area contributed by atoms with Crippen molar-refractivity contribution in [3.05, 3.63) is 83.0 Å². The number of hydrogen-bond acceptors (Lipinski definition) is 5. The van der Waals surface area contributed by atoms with Crippen molar-refractivity contribution < 1.29 is 14.3 Å². The van der Waals surface area contributed by atoms with Gasteiger partial charge in [0.1, 0.15) is 6.04 Å². The average molecular weight is 472 g/mol. The maximum absolute atomic E-state index is 13.2. The summed E-state index contributed by atoms with van der Waals surface area (Å²) in [5.41, 5.74) is 2.22. The van der Waals surface area contributed by atoms with Gasteiger partial charge in [-0.3, -0.25) is 19.1 Å². The highest BCUT2D eigenvalue weighted by molar-refractivity contribution is 5.99. The Morgan fingerprint density at radius 1 is 1.11 bits per heavy atom. The SMILES string of the molecule is C#Cc1ccc(NC(=O)N2C[C@H](OCC)C[C@H]2C(=O)Nc2ccc(-n3ccncc3=O)cc2)cc1. The van der Waals surface area contributed by atoms with Gasteiger partial charge in [0.15, 0.2) is 0 Å². The lowest BCUT2D eigenvalue weighted by molar-refractivity contribution is -0.119. The number of amides is 3. The molecule has 2 atom stereocenters. The molecule has 2 aromatic carbocycles. The summed E-state index contributed by atoms with van der Waals surface area (Å²) in [7, 11) is 0. The third-order valence-electron chi connectivity index (χ3n) is 5.67. The molecule has 4 rings (SSSR count). The Hall–Kier alpha value is -4.42. The van der Waals surface area contributed by atoms with Crippen molar-refractivity contribution in [3.63, 3.8) is 0 Å². The van der Waals surface area contributed by atoms with Crippen molar-refractivity contribution in [3.8, 4) is 18.0 Å². The molecule has 0 spiro atoms. The van der Waals surface area contributed by atoms with Crippen LogP contribution in [0.1, 0.15) is 18.9 Å². The van der Waals surface area contributed by atoms with E-state index >= 15 is 0 Å². The zero-order valence-electron chi connectivity index (χ0n) is 19.2. The number of urea groups is 1. The van der Waals surface area contributed by atoms with Crippen molar-refractivity contribution in [2.24, 2.45) is 0 Å². The molecule has 2 N–H and O–H groups in total. The van der Waals surface area contributed by atoms with Gasteiger partial charge in [0, 0.05) is 54.6 Å². The normalized spacial score (nSPS) is 17.0. The molecule has 0 aliphatic carbocycles. The standard InChI is InChI=1S/C26H25N5O4/c1-3-18-5-7-20(8-6-18)29-26(34)31-17-22(35-4-2)15-23(31)25(33)28-19-9-11-21(12-10-19)30-14-13-27-16-24(30)32/h1,5-14,16,22-23H,4,15,17H2,2H3,(H,28,33)(H,29,34)/t22-,23+/m1/s1. The van der Waals surface area contributed by atoms with Crippen LogP contribution in [0, 0.1) is 12.3 Å². The zero-order chi connectivity index (χ0) is 24.8. The van der Waals surface area contributed by atoms with Gasteiger partial charge < -0.3 is 20.3 Å². The van der Waals surface area contributed by atoms with Crippen molar-refractivity contribution in [1.29, 1.82) is 0 Å². The van der Waals surface area contributed by atoms with E-state index in [1.165, 1.54) is 21.9 Å². The highest BCUT2D eigenvalue weighted by Crippen LogP contribution is 2.24. The van der Waals surface area contributed by atoms with E-state index in [9.17, 15) is 14.4 Å². The Morgan fingerprint density at radius 2 is 1.80 bits per heavy atom.